The molecule has 3 heteroatoms. The van der Waals surface area contributed by atoms with Gasteiger partial charge in [-0.2, -0.15) is 0 Å². The zero-order valence-electron chi connectivity index (χ0n) is 14.0. The van der Waals surface area contributed by atoms with Crippen molar-refractivity contribution in [2.75, 3.05) is 18.5 Å². The summed E-state index contributed by atoms with van der Waals surface area (Å²) in [5.41, 5.74) is 3.74. The molecular formula is C20H25NO2. The average molecular weight is 311 g/mol. The van der Waals surface area contributed by atoms with E-state index in [1.165, 1.54) is 24.0 Å². The molecule has 23 heavy (non-hydrogen) atoms. The molecule has 0 fully saturated rings. The Labute approximate surface area is 138 Å². The summed E-state index contributed by atoms with van der Waals surface area (Å²) < 4.78 is 6.08. The van der Waals surface area contributed by atoms with Gasteiger partial charge in [0.2, 0.25) is 0 Å². The van der Waals surface area contributed by atoms with Gasteiger partial charge in [0.15, 0.2) is 0 Å². The molecule has 1 heterocycles. The molecule has 1 unspecified atom stereocenters. The van der Waals surface area contributed by atoms with Crippen molar-refractivity contribution in [3.05, 3.63) is 53.6 Å². The fourth-order valence-corrected chi connectivity index (χ4v) is 3.13. The predicted molar refractivity (Wildman–Crippen MR) is 94.6 cm³/mol. The van der Waals surface area contributed by atoms with Gasteiger partial charge >= 0.3 is 0 Å². The van der Waals surface area contributed by atoms with Crippen LogP contribution in [0.4, 0.5) is 5.69 Å². The van der Waals surface area contributed by atoms with Crippen molar-refractivity contribution in [1.82, 2.24) is 0 Å². The van der Waals surface area contributed by atoms with Gasteiger partial charge in [-0.25, -0.2) is 0 Å². The third-order valence-corrected chi connectivity index (χ3v) is 4.43. The fourth-order valence-electron chi connectivity index (χ4n) is 3.13. The van der Waals surface area contributed by atoms with Gasteiger partial charge in [-0.05, 0) is 36.1 Å². The minimum absolute atomic E-state index is 0.107. The van der Waals surface area contributed by atoms with Gasteiger partial charge in [0.25, 0.3) is 0 Å². The number of unbranched alkanes of at least 4 members (excludes halogenated alkanes) is 1. The van der Waals surface area contributed by atoms with E-state index in [-0.39, 0.29) is 11.9 Å². The van der Waals surface area contributed by atoms with Gasteiger partial charge in [0, 0.05) is 19.5 Å². The molecule has 2 aromatic rings. The molecule has 122 valence electrons. The standard InChI is InChI=1S/C20H25NO2/c1-3-4-5-15-6-8-16(9-7-15)12-18-14-21(2)19-11-10-17(22)13-20(19)23-18/h6-11,13,18,22H,3-5,12,14H2,1-2H3. The Bertz CT molecular complexity index is 651. The first-order chi connectivity index (χ1) is 11.2. The lowest BCUT2D eigenvalue weighted by Gasteiger charge is -2.34. The minimum Gasteiger partial charge on any atom is -0.508 e. The number of benzene rings is 2. The summed E-state index contributed by atoms with van der Waals surface area (Å²) in [5.74, 6) is 1.02. The quantitative estimate of drug-likeness (QED) is 0.899. The molecule has 0 saturated heterocycles. The summed E-state index contributed by atoms with van der Waals surface area (Å²) in [7, 11) is 2.07. The van der Waals surface area contributed by atoms with Crippen molar-refractivity contribution >= 4 is 5.69 Å². The van der Waals surface area contributed by atoms with Crippen LogP contribution in [0.25, 0.3) is 0 Å². The molecule has 3 nitrogen and oxygen atoms in total. The van der Waals surface area contributed by atoms with E-state index >= 15 is 0 Å². The molecule has 1 aliphatic heterocycles. The Morgan fingerprint density at radius 3 is 2.61 bits per heavy atom. The lowest BCUT2D eigenvalue weighted by molar-refractivity contribution is 0.195. The van der Waals surface area contributed by atoms with Crippen molar-refractivity contribution in [3.63, 3.8) is 0 Å². The second-order valence-corrected chi connectivity index (χ2v) is 6.40. The Kier molecular flexibility index (Phi) is 4.75. The van der Waals surface area contributed by atoms with Crippen molar-refractivity contribution in [3.8, 4) is 11.5 Å². The van der Waals surface area contributed by atoms with Gasteiger partial charge in [0.1, 0.15) is 17.6 Å². The maximum atomic E-state index is 9.65. The predicted octanol–water partition coefficient (Wildman–Crippen LogP) is 4.17. The molecule has 0 aromatic heterocycles. The Hall–Kier alpha value is -2.16. The van der Waals surface area contributed by atoms with Crippen LogP contribution in [0.5, 0.6) is 11.5 Å². The summed E-state index contributed by atoms with van der Waals surface area (Å²) >= 11 is 0. The molecule has 0 aliphatic carbocycles. The number of ether oxygens (including phenoxy) is 1. The Morgan fingerprint density at radius 2 is 1.87 bits per heavy atom. The maximum absolute atomic E-state index is 9.65. The van der Waals surface area contributed by atoms with Crippen LogP contribution in [0.3, 0.4) is 0 Å². The normalized spacial score (nSPS) is 16.8. The summed E-state index contributed by atoms with van der Waals surface area (Å²) in [6, 6.07) is 14.2. The van der Waals surface area contributed by atoms with Crippen molar-refractivity contribution in [2.24, 2.45) is 0 Å². The monoisotopic (exact) mass is 311 g/mol. The molecule has 1 aliphatic rings. The SMILES string of the molecule is CCCCc1ccc(CC2CN(C)c3ccc(O)cc3O2)cc1. The average Bonchev–Trinajstić information content (AvgIpc) is 2.54. The second kappa shape index (κ2) is 6.95. The number of aryl methyl sites for hydroxylation is 1. The van der Waals surface area contributed by atoms with Gasteiger partial charge in [-0.3, -0.25) is 0 Å². The van der Waals surface area contributed by atoms with Crippen LogP contribution in [0.2, 0.25) is 0 Å². The zero-order valence-corrected chi connectivity index (χ0v) is 14.0. The van der Waals surface area contributed by atoms with E-state index in [1.54, 1.807) is 12.1 Å². The molecule has 1 atom stereocenters. The van der Waals surface area contributed by atoms with E-state index in [2.05, 4.69) is 43.1 Å². The Morgan fingerprint density at radius 1 is 1.13 bits per heavy atom. The largest absolute Gasteiger partial charge is 0.508 e. The van der Waals surface area contributed by atoms with Crippen LogP contribution in [-0.4, -0.2) is 24.8 Å². The van der Waals surface area contributed by atoms with Crippen LogP contribution in [0.15, 0.2) is 42.5 Å². The Balaban J connectivity index is 1.67. The maximum Gasteiger partial charge on any atom is 0.146 e. The van der Waals surface area contributed by atoms with E-state index < -0.39 is 0 Å². The van der Waals surface area contributed by atoms with E-state index in [0.717, 1.165) is 30.8 Å². The number of anilines is 1. The first-order valence-electron chi connectivity index (χ1n) is 8.44. The third kappa shape index (κ3) is 3.79. The molecular weight excluding hydrogens is 286 g/mol. The van der Waals surface area contributed by atoms with Crippen LogP contribution < -0.4 is 9.64 Å². The number of likely N-dealkylation sites (N-methyl/N-ethyl adjacent to an activating group) is 1. The lowest BCUT2D eigenvalue weighted by Crippen LogP contribution is -2.38. The molecule has 0 amide bonds. The number of fused-ring (bicyclic) bond motifs is 1. The summed E-state index contributed by atoms with van der Waals surface area (Å²) in [6.45, 7) is 3.08. The number of hydrogen-bond acceptors (Lipinski definition) is 3. The van der Waals surface area contributed by atoms with Gasteiger partial charge in [-0.1, -0.05) is 37.6 Å². The molecule has 1 N–H and O–H groups in total. The third-order valence-electron chi connectivity index (χ3n) is 4.43. The summed E-state index contributed by atoms with van der Waals surface area (Å²) in [4.78, 5) is 2.19. The lowest BCUT2D eigenvalue weighted by atomic mass is 10.0. The van der Waals surface area contributed by atoms with Crippen molar-refractivity contribution < 1.29 is 9.84 Å². The van der Waals surface area contributed by atoms with Crippen molar-refractivity contribution in [1.29, 1.82) is 0 Å². The van der Waals surface area contributed by atoms with Crippen LogP contribution in [0, 0.1) is 0 Å². The van der Waals surface area contributed by atoms with Crippen molar-refractivity contribution in [2.45, 2.75) is 38.7 Å². The highest BCUT2D eigenvalue weighted by Gasteiger charge is 2.23. The van der Waals surface area contributed by atoms with Gasteiger partial charge in [-0.15, -0.1) is 0 Å². The first kappa shape index (κ1) is 15.7. The molecule has 2 aromatic carbocycles. The number of nitrogens with zero attached hydrogens (tertiary/aromatic N) is 1. The van der Waals surface area contributed by atoms with Crippen LogP contribution in [0.1, 0.15) is 30.9 Å². The molecule has 0 bridgehead atoms. The number of phenols is 1. The smallest absolute Gasteiger partial charge is 0.146 e. The van der Waals surface area contributed by atoms with Crippen LogP contribution in [-0.2, 0) is 12.8 Å². The minimum atomic E-state index is 0.107. The molecule has 0 saturated carbocycles. The van der Waals surface area contributed by atoms with E-state index in [1.807, 2.05) is 6.07 Å². The molecule has 3 rings (SSSR count). The van der Waals surface area contributed by atoms with Gasteiger partial charge in [0.05, 0.1) is 12.2 Å². The van der Waals surface area contributed by atoms with Gasteiger partial charge < -0.3 is 14.7 Å². The highest BCUT2D eigenvalue weighted by Crippen LogP contribution is 2.35. The summed E-state index contributed by atoms with van der Waals surface area (Å²) in [5, 5.41) is 9.65. The number of phenolic OH excluding ortho intramolecular Hbond substituents is 1. The topological polar surface area (TPSA) is 32.7 Å². The summed E-state index contributed by atoms with van der Waals surface area (Å²) in [6.07, 6.45) is 4.63. The number of aromatic hydroxyl groups is 1. The fraction of sp³-hybridized carbons (Fsp3) is 0.400. The number of rotatable bonds is 5. The van der Waals surface area contributed by atoms with E-state index in [0.29, 0.717) is 0 Å². The number of hydrogen-bond donors (Lipinski definition) is 1. The molecule has 0 radical (unpaired) electrons. The first-order valence-corrected chi connectivity index (χ1v) is 8.44. The van der Waals surface area contributed by atoms with E-state index in [4.69, 9.17) is 4.74 Å². The molecule has 0 spiro atoms. The highest BCUT2D eigenvalue weighted by atomic mass is 16.5. The van der Waals surface area contributed by atoms with E-state index in [9.17, 15) is 5.11 Å². The second-order valence-electron chi connectivity index (χ2n) is 6.40. The van der Waals surface area contributed by atoms with Crippen LogP contribution >= 0.6 is 0 Å². The highest BCUT2D eigenvalue weighted by molar-refractivity contribution is 5.62. The zero-order chi connectivity index (χ0) is 16.2.